The molecule has 2 aromatic carbocycles. The molecular formula is C38H46N4O. The maximum atomic E-state index is 6.19. The maximum Gasteiger partial charge on any atom is 0.225 e. The van der Waals surface area contributed by atoms with Crippen molar-refractivity contribution in [2.45, 2.75) is 71.8 Å². The number of allylic oxidation sites excluding steroid dienone is 5. The standard InChI is InChI=1S/C36H40N4O.C2H6/c1-3-7-27(8-4-1)26-41-31-12-14-33-29(23-31)11-13-32(28-9-5-2-6-10-28)34(33)30-24-38-35(39-25-30)40-21-17-36(18-22-40)15-19-37-20-16-36;1-2/h1,3-5,7-10,12,14,23-25,37H,2,6,11,13,15-22,26H2;1-2H3. The second kappa shape index (κ2) is 13.7. The Morgan fingerprint density at radius 2 is 1.65 bits per heavy atom. The summed E-state index contributed by atoms with van der Waals surface area (Å²) in [5, 5.41) is 3.53. The molecule has 2 fully saturated rings. The van der Waals surface area contributed by atoms with Crippen LogP contribution in [0.1, 0.15) is 81.0 Å². The molecule has 0 unspecified atom stereocenters. The first-order valence-corrected chi connectivity index (χ1v) is 16.4. The number of anilines is 1. The Morgan fingerprint density at radius 1 is 0.884 bits per heavy atom. The molecule has 1 aromatic heterocycles. The second-order valence-corrected chi connectivity index (χ2v) is 12.1. The van der Waals surface area contributed by atoms with Crippen LogP contribution in [0, 0.1) is 5.41 Å². The Hall–Kier alpha value is -3.70. The van der Waals surface area contributed by atoms with Crippen molar-refractivity contribution in [1.29, 1.82) is 0 Å². The fourth-order valence-electron chi connectivity index (χ4n) is 7.11. The number of ether oxygens (including phenoxy) is 1. The van der Waals surface area contributed by atoms with Crippen LogP contribution >= 0.6 is 0 Å². The van der Waals surface area contributed by atoms with Gasteiger partial charge in [0.05, 0.1) is 0 Å². The minimum atomic E-state index is 0.526. The second-order valence-electron chi connectivity index (χ2n) is 12.1. The van der Waals surface area contributed by atoms with E-state index in [1.807, 2.05) is 19.9 Å². The summed E-state index contributed by atoms with van der Waals surface area (Å²) in [4.78, 5) is 12.3. The Bertz CT molecular complexity index is 1460. The SMILES string of the molecule is C1=CC(C2=C(c3cnc(N4CCC5(CCNCC5)CC4)nc3)c3ccc(OCc4ccccc4)cc3CC2)=CCC1.CC. The molecule has 3 aromatic rings. The van der Waals surface area contributed by atoms with Gasteiger partial charge in [-0.25, -0.2) is 9.97 Å². The Morgan fingerprint density at radius 3 is 2.37 bits per heavy atom. The Labute approximate surface area is 257 Å². The van der Waals surface area contributed by atoms with Gasteiger partial charge in [-0.3, -0.25) is 0 Å². The number of rotatable bonds is 6. The first kappa shape index (κ1) is 29.4. The van der Waals surface area contributed by atoms with E-state index in [-0.39, 0.29) is 0 Å². The van der Waals surface area contributed by atoms with Gasteiger partial charge in [-0.15, -0.1) is 0 Å². The lowest BCUT2D eigenvalue weighted by molar-refractivity contribution is 0.154. The molecule has 2 aliphatic heterocycles. The van der Waals surface area contributed by atoms with Crippen molar-refractivity contribution in [3.05, 3.63) is 113 Å². The molecule has 5 nitrogen and oxygen atoms in total. The molecule has 1 N–H and O–H groups in total. The normalized spacial score (nSPS) is 19.3. The van der Waals surface area contributed by atoms with Crippen molar-refractivity contribution in [3.8, 4) is 5.75 Å². The number of nitrogens with zero attached hydrogens (tertiary/aromatic N) is 3. The van der Waals surface area contributed by atoms with E-state index in [9.17, 15) is 0 Å². The van der Waals surface area contributed by atoms with Crippen molar-refractivity contribution < 1.29 is 4.74 Å². The van der Waals surface area contributed by atoms with E-state index in [2.05, 4.69) is 83.3 Å². The van der Waals surface area contributed by atoms with Crippen LogP contribution in [0.15, 0.2) is 90.3 Å². The van der Waals surface area contributed by atoms with Gasteiger partial charge in [0.2, 0.25) is 5.95 Å². The van der Waals surface area contributed by atoms with Crippen molar-refractivity contribution in [2.24, 2.45) is 5.41 Å². The molecule has 4 aliphatic rings. The van der Waals surface area contributed by atoms with Gasteiger partial charge < -0.3 is 15.0 Å². The number of fused-ring (bicyclic) bond motifs is 1. The number of piperidine rings is 2. The summed E-state index contributed by atoms with van der Waals surface area (Å²) in [6.07, 6.45) is 20.5. The smallest absolute Gasteiger partial charge is 0.225 e. The molecule has 0 amide bonds. The lowest BCUT2D eigenvalue weighted by atomic mass is 9.72. The van der Waals surface area contributed by atoms with Gasteiger partial charge in [-0.2, -0.15) is 0 Å². The van der Waals surface area contributed by atoms with Crippen LogP contribution in [0.3, 0.4) is 0 Å². The molecule has 0 bridgehead atoms. The highest BCUT2D eigenvalue weighted by molar-refractivity contribution is 5.87. The van der Waals surface area contributed by atoms with Crippen LogP contribution in [0.4, 0.5) is 5.95 Å². The van der Waals surface area contributed by atoms with Crippen molar-refractivity contribution in [2.75, 3.05) is 31.1 Å². The van der Waals surface area contributed by atoms with Gasteiger partial charge in [-0.1, -0.05) is 68.5 Å². The predicted octanol–water partition coefficient (Wildman–Crippen LogP) is 8.08. The van der Waals surface area contributed by atoms with Gasteiger partial charge in [-0.05, 0) is 115 Å². The molecule has 43 heavy (non-hydrogen) atoms. The van der Waals surface area contributed by atoms with Gasteiger partial charge >= 0.3 is 0 Å². The largest absolute Gasteiger partial charge is 0.489 e. The lowest BCUT2D eigenvalue weighted by Crippen LogP contribution is -2.46. The van der Waals surface area contributed by atoms with Gasteiger partial charge in [0.1, 0.15) is 12.4 Å². The van der Waals surface area contributed by atoms with Crippen molar-refractivity contribution in [1.82, 2.24) is 15.3 Å². The summed E-state index contributed by atoms with van der Waals surface area (Å²) < 4.78 is 6.19. The van der Waals surface area contributed by atoms with Gasteiger partial charge in [0.15, 0.2) is 0 Å². The summed E-state index contributed by atoms with van der Waals surface area (Å²) in [6.45, 7) is 9.01. The number of nitrogens with one attached hydrogen (secondary N) is 1. The van der Waals surface area contributed by atoms with Crippen LogP contribution in [-0.4, -0.2) is 36.1 Å². The molecule has 3 heterocycles. The predicted molar refractivity (Wildman–Crippen MR) is 177 cm³/mol. The fraction of sp³-hybridized carbons (Fsp3) is 0.421. The summed E-state index contributed by atoms with van der Waals surface area (Å²) in [5.41, 5.74) is 9.47. The zero-order valence-corrected chi connectivity index (χ0v) is 25.9. The molecule has 0 radical (unpaired) electrons. The first-order valence-electron chi connectivity index (χ1n) is 16.4. The molecule has 224 valence electrons. The van der Waals surface area contributed by atoms with Gasteiger partial charge in [0, 0.05) is 31.0 Å². The van der Waals surface area contributed by atoms with Crippen molar-refractivity contribution in [3.63, 3.8) is 0 Å². The molecule has 7 rings (SSSR count). The summed E-state index contributed by atoms with van der Waals surface area (Å²) in [6, 6.07) is 17.0. The number of aromatic nitrogens is 2. The monoisotopic (exact) mass is 574 g/mol. The average molecular weight is 575 g/mol. The number of benzene rings is 2. The number of hydrogen-bond donors (Lipinski definition) is 1. The Balaban J connectivity index is 0.00000161. The van der Waals surface area contributed by atoms with Crippen LogP contribution in [0.5, 0.6) is 5.75 Å². The van der Waals surface area contributed by atoms with E-state index in [1.165, 1.54) is 59.1 Å². The minimum absolute atomic E-state index is 0.526. The highest BCUT2D eigenvalue weighted by atomic mass is 16.5. The Kier molecular flexibility index (Phi) is 9.38. The van der Waals surface area contributed by atoms with E-state index < -0.39 is 0 Å². The van der Waals surface area contributed by atoms with Gasteiger partial charge in [0.25, 0.3) is 0 Å². The molecule has 0 saturated carbocycles. The molecule has 0 atom stereocenters. The van der Waals surface area contributed by atoms with Crippen LogP contribution in [-0.2, 0) is 13.0 Å². The highest BCUT2D eigenvalue weighted by Crippen LogP contribution is 2.42. The van der Waals surface area contributed by atoms with Crippen LogP contribution < -0.4 is 15.0 Å². The quantitative estimate of drug-likeness (QED) is 0.323. The number of hydrogen-bond acceptors (Lipinski definition) is 5. The molecule has 2 saturated heterocycles. The average Bonchev–Trinajstić information content (AvgIpc) is 3.09. The summed E-state index contributed by atoms with van der Waals surface area (Å²) in [7, 11) is 0. The molecule has 2 aliphatic carbocycles. The third-order valence-electron chi connectivity index (χ3n) is 9.58. The third-order valence-corrected chi connectivity index (χ3v) is 9.58. The fourth-order valence-corrected chi connectivity index (χ4v) is 7.11. The zero-order valence-electron chi connectivity index (χ0n) is 25.9. The molecular weight excluding hydrogens is 528 g/mol. The van der Waals surface area contributed by atoms with E-state index in [0.29, 0.717) is 12.0 Å². The van der Waals surface area contributed by atoms with Crippen molar-refractivity contribution >= 4 is 11.5 Å². The van der Waals surface area contributed by atoms with E-state index in [0.717, 1.165) is 69.1 Å². The lowest BCUT2D eigenvalue weighted by Gasteiger charge is -2.44. The van der Waals surface area contributed by atoms with E-state index in [4.69, 9.17) is 14.7 Å². The number of aryl methyl sites for hydroxylation is 1. The maximum absolute atomic E-state index is 6.19. The minimum Gasteiger partial charge on any atom is -0.489 e. The third kappa shape index (κ3) is 6.62. The van der Waals surface area contributed by atoms with E-state index in [1.54, 1.807) is 0 Å². The highest BCUT2D eigenvalue weighted by Gasteiger charge is 2.36. The molecule has 1 spiro atoms. The first-order chi connectivity index (χ1) is 21.3. The summed E-state index contributed by atoms with van der Waals surface area (Å²) >= 11 is 0. The molecule has 5 heteroatoms. The van der Waals surface area contributed by atoms with E-state index >= 15 is 0 Å². The van der Waals surface area contributed by atoms with Crippen LogP contribution in [0.2, 0.25) is 0 Å². The topological polar surface area (TPSA) is 50.3 Å². The van der Waals surface area contributed by atoms with Crippen LogP contribution in [0.25, 0.3) is 5.57 Å². The zero-order chi connectivity index (χ0) is 29.5. The summed E-state index contributed by atoms with van der Waals surface area (Å²) in [5.74, 6) is 1.80.